The Bertz CT molecular complexity index is 407. The summed E-state index contributed by atoms with van der Waals surface area (Å²) in [6.07, 6.45) is 0. The van der Waals surface area contributed by atoms with Crippen LogP contribution in [0.3, 0.4) is 0 Å². The zero-order chi connectivity index (χ0) is 13.1. The molecule has 0 radical (unpaired) electrons. The zero-order valence-corrected chi connectivity index (χ0v) is 10.9. The maximum Gasteiger partial charge on any atom is 0.159 e. The number of nitrogens with zero attached hydrogens (tertiary/aromatic N) is 1. The van der Waals surface area contributed by atoms with Gasteiger partial charge in [-0.15, -0.1) is 0 Å². The number of hydrogen-bond donors (Lipinski definition) is 1. The van der Waals surface area contributed by atoms with Gasteiger partial charge in [-0.05, 0) is 23.6 Å². The van der Waals surface area contributed by atoms with Crippen LogP contribution in [0.25, 0.3) is 0 Å². The minimum absolute atomic E-state index is 0.476. The summed E-state index contributed by atoms with van der Waals surface area (Å²) < 4.78 is 26.0. The molecular weight excluding hydrogens is 234 g/mol. The van der Waals surface area contributed by atoms with Gasteiger partial charge < -0.3 is 5.32 Å². The third-order valence-corrected chi connectivity index (χ3v) is 3.48. The molecule has 1 atom stereocenters. The van der Waals surface area contributed by atoms with Crippen LogP contribution in [0.2, 0.25) is 0 Å². The van der Waals surface area contributed by atoms with Crippen molar-refractivity contribution in [3.63, 3.8) is 0 Å². The zero-order valence-electron chi connectivity index (χ0n) is 10.9. The van der Waals surface area contributed by atoms with Gasteiger partial charge in [-0.3, -0.25) is 4.90 Å². The number of hydrogen-bond acceptors (Lipinski definition) is 2. The van der Waals surface area contributed by atoms with Crippen LogP contribution < -0.4 is 5.32 Å². The van der Waals surface area contributed by atoms with E-state index in [1.807, 2.05) is 0 Å². The fraction of sp³-hybridized carbons (Fsp3) is 0.571. The van der Waals surface area contributed by atoms with Gasteiger partial charge in [-0.25, -0.2) is 8.78 Å². The summed E-state index contributed by atoms with van der Waals surface area (Å²) in [5, 5.41) is 3.48. The molecule has 0 bridgehead atoms. The fourth-order valence-corrected chi connectivity index (χ4v) is 2.33. The largest absolute Gasteiger partial charge is 0.311 e. The molecule has 1 aliphatic heterocycles. The lowest BCUT2D eigenvalue weighted by Gasteiger charge is -2.35. The van der Waals surface area contributed by atoms with Crippen molar-refractivity contribution in [3.8, 4) is 0 Å². The molecule has 1 N–H and O–H groups in total. The van der Waals surface area contributed by atoms with Crippen LogP contribution >= 0.6 is 0 Å². The highest BCUT2D eigenvalue weighted by Crippen LogP contribution is 2.14. The van der Waals surface area contributed by atoms with Gasteiger partial charge in [0.05, 0.1) is 0 Å². The number of piperazine rings is 1. The van der Waals surface area contributed by atoms with Crippen molar-refractivity contribution in [1.29, 1.82) is 0 Å². The first-order valence-electron chi connectivity index (χ1n) is 6.46. The van der Waals surface area contributed by atoms with E-state index in [1.54, 1.807) is 6.07 Å². The van der Waals surface area contributed by atoms with Crippen molar-refractivity contribution >= 4 is 0 Å². The molecule has 1 aliphatic rings. The first kappa shape index (κ1) is 13.4. The molecule has 0 amide bonds. The summed E-state index contributed by atoms with van der Waals surface area (Å²) in [6.45, 7) is 7.92. The summed E-state index contributed by atoms with van der Waals surface area (Å²) in [5.41, 5.74) is 0.832. The van der Waals surface area contributed by atoms with E-state index in [0.29, 0.717) is 18.5 Å². The standard InChI is InChI=1S/C14H20F2N2/c1-10(2)14-9-18(6-5-17-14)8-11-3-4-12(15)13(16)7-11/h3-4,7,10,14,17H,5-6,8-9H2,1-2H3. The van der Waals surface area contributed by atoms with Gasteiger partial charge in [0.25, 0.3) is 0 Å². The molecule has 0 spiro atoms. The summed E-state index contributed by atoms with van der Waals surface area (Å²) in [7, 11) is 0. The Morgan fingerprint density at radius 3 is 2.78 bits per heavy atom. The van der Waals surface area contributed by atoms with Crippen LogP contribution in [0, 0.1) is 17.6 Å². The normalized spacial score (nSPS) is 21.5. The first-order chi connectivity index (χ1) is 8.56. The van der Waals surface area contributed by atoms with Gasteiger partial charge in [-0.2, -0.15) is 0 Å². The summed E-state index contributed by atoms with van der Waals surface area (Å²) in [4.78, 5) is 2.29. The second-order valence-corrected chi connectivity index (χ2v) is 5.29. The van der Waals surface area contributed by atoms with Crippen LogP contribution in [0.1, 0.15) is 19.4 Å². The molecule has 1 heterocycles. The molecule has 0 aliphatic carbocycles. The molecule has 1 saturated heterocycles. The van der Waals surface area contributed by atoms with Gasteiger partial charge in [0.15, 0.2) is 11.6 Å². The van der Waals surface area contributed by atoms with E-state index in [0.717, 1.165) is 25.2 Å². The summed E-state index contributed by atoms with van der Waals surface area (Å²) in [6, 6.07) is 4.63. The van der Waals surface area contributed by atoms with E-state index in [-0.39, 0.29) is 0 Å². The molecule has 100 valence electrons. The molecule has 1 unspecified atom stereocenters. The van der Waals surface area contributed by atoms with Gasteiger partial charge in [-0.1, -0.05) is 19.9 Å². The molecular formula is C14H20F2N2. The number of benzene rings is 1. The van der Waals surface area contributed by atoms with Crippen LogP contribution in [0.15, 0.2) is 18.2 Å². The third kappa shape index (κ3) is 3.27. The molecule has 18 heavy (non-hydrogen) atoms. The predicted molar refractivity (Wildman–Crippen MR) is 68.3 cm³/mol. The van der Waals surface area contributed by atoms with Crippen molar-refractivity contribution in [2.45, 2.75) is 26.4 Å². The number of nitrogens with one attached hydrogen (secondary N) is 1. The Morgan fingerprint density at radius 2 is 2.11 bits per heavy atom. The first-order valence-corrected chi connectivity index (χ1v) is 6.46. The molecule has 0 saturated carbocycles. The van der Waals surface area contributed by atoms with Crippen LogP contribution in [-0.4, -0.2) is 30.6 Å². The SMILES string of the molecule is CC(C)C1CN(Cc2ccc(F)c(F)c2)CCN1. The van der Waals surface area contributed by atoms with Gasteiger partial charge >= 0.3 is 0 Å². The molecule has 2 rings (SSSR count). The summed E-state index contributed by atoms with van der Waals surface area (Å²) >= 11 is 0. The van der Waals surface area contributed by atoms with Crippen molar-refractivity contribution in [3.05, 3.63) is 35.4 Å². The smallest absolute Gasteiger partial charge is 0.159 e. The van der Waals surface area contributed by atoms with E-state index >= 15 is 0 Å². The Morgan fingerprint density at radius 1 is 1.33 bits per heavy atom. The van der Waals surface area contributed by atoms with Crippen molar-refractivity contribution < 1.29 is 8.78 Å². The number of rotatable bonds is 3. The van der Waals surface area contributed by atoms with Gasteiger partial charge in [0.1, 0.15) is 0 Å². The Kier molecular flexibility index (Phi) is 4.30. The molecule has 1 aromatic carbocycles. The Hall–Kier alpha value is -1.00. The fourth-order valence-electron chi connectivity index (χ4n) is 2.33. The maximum absolute atomic E-state index is 13.1. The van der Waals surface area contributed by atoms with Crippen LogP contribution in [0.5, 0.6) is 0 Å². The predicted octanol–water partition coefficient (Wildman–Crippen LogP) is 2.39. The van der Waals surface area contributed by atoms with E-state index in [2.05, 4.69) is 24.1 Å². The van der Waals surface area contributed by atoms with Gasteiger partial charge in [0, 0.05) is 32.2 Å². The average molecular weight is 254 g/mol. The second kappa shape index (κ2) is 5.76. The third-order valence-electron chi connectivity index (χ3n) is 3.48. The monoisotopic (exact) mass is 254 g/mol. The lowest BCUT2D eigenvalue weighted by atomic mass is 10.0. The second-order valence-electron chi connectivity index (χ2n) is 5.29. The van der Waals surface area contributed by atoms with Crippen LogP contribution in [-0.2, 0) is 6.54 Å². The minimum atomic E-state index is -0.779. The van der Waals surface area contributed by atoms with E-state index < -0.39 is 11.6 Å². The van der Waals surface area contributed by atoms with Crippen molar-refractivity contribution in [2.24, 2.45) is 5.92 Å². The van der Waals surface area contributed by atoms with Crippen molar-refractivity contribution in [2.75, 3.05) is 19.6 Å². The Labute approximate surface area is 107 Å². The molecule has 2 nitrogen and oxygen atoms in total. The Balaban J connectivity index is 1.98. The summed E-state index contributed by atoms with van der Waals surface area (Å²) in [5.74, 6) is -0.958. The lowest BCUT2D eigenvalue weighted by Crippen LogP contribution is -2.52. The van der Waals surface area contributed by atoms with Crippen molar-refractivity contribution in [1.82, 2.24) is 10.2 Å². The average Bonchev–Trinajstić information content (AvgIpc) is 2.34. The molecule has 1 fully saturated rings. The number of halogens is 2. The molecule has 1 aromatic rings. The highest BCUT2D eigenvalue weighted by molar-refractivity contribution is 5.17. The highest BCUT2D eigenvalue weighted by Gasteiger charge is 2.21. The van der Waals surface area contributed by atoms with Gasteiger partial charge in [0.2, 0.25) is 0 Å². The maximum atomic E-state index is 13.1. The van der Waals surface area contributed by atoms with E-state index in [4.69, 9.17) is 0 Å². The topological polar surface area (TPSA) is 15.3 Å². The van der Waals surface area contributed by atoms with E-state index in [9.17, 15) is 8.78 Å². The minimum Gasteiger partial charge on any atom is -0.311 e. The van der Waals surface area contributed by atoms with E-state index in [1.165, 1.54) is 12.1 Å². The van der Waals surface area contributed by atoms with Crippen LogP contribution in [0.4, 0.5) is 8.78 Å². The highest BCUT2D eigenvalue weighted by atomic mass is 19.2. The molecule has 0 aromatic heterocycles. The lowest BCUT2D eigenvalue weighted by molar-refractivity contribution is 0.168. The molecule has 4 heteroatoms. The quantitative estimate of drug-likeness (QED) is 0.891.